The molecular weight excluding hydrogens is 368 g/mol. The largest absolute Gasteiger partial charge is 0.392 e. The zero-order valence-corrected chi connectivity index (χ0v) is 16.8. The SMILES string of the molecule is C#C.Cn1nccc1-c1cc2c(N[C@@H]3CC[C@H](O)C3(C)C)c(C(N)=O)cnn2c1. The molecule has 1 aliphatic carbocycles. The van der Waals surface area contributed by atoms with E-state index in [-0.39, 0.29) is 17.6 Å². The Morgan fingerprint density at radius 1 is 1.34 bits per heavy atom. The van der Waals surface area contributed by atoms with Crippen LogP contribution in [-0.2, 0) is 7.05 Å². The van der Waals surface area contributed by atoms with Crippen LogP contribution in [0.4, 0.5) is 5.69 Å². The molecule has 0 spiro atoms. The van der Waals surface area contributed by atoms with Gasteiger partial charge in [-0.2, -0.15) is 10.2 Å². The third-order valence-corrected chi connectivity index (χ3v) is 5.82. The monoisotopic (exact) mass is 394 g/mol. The van der Waals surface area contributed by atoms with E-state index in [9.17, 15) is 9.90 Å². The van der Waals surface area contributed by atoms with Crippen LogP contribution in [0.25, 0.3) is 16.8 Å². The lowest BCUT2D eigenvalue weighted by Crippen LogP contribution is -2.38. The number of primary amides is 1. The van der Waals surface area contributed by atoms with Crippen LogP contribution >= 0.6 is 0 Å². The maximum atomic E-state index is 12.0. The number of terminal acetylenes is 1. The molecule has 1 aliphatic rings. The maximum absolute atomic E-state index is 12.0. The Bertz CT molecular complexity index is 1060. The third-order valence-electron chi connectivity index (χ3n) is 5.82. The van der Waals surface area contributed by atoms with Crippen molar-refractivity contribution in [2.75, 3.05) is 5.32 Å². The first kappa shape index (κ1) is 20.4. The third kappa shape index (κ3) is 3.45. The molecule has 1 amide bonds. The van der Waals surface area contributed by atoms with Crippen molar-refractivity contribution in [3.63, 3.8) is 0 Å². The van der Waals surface area contributed by atoms with Crippen LogP contribution in [0.2, 0.25) is 0 Å². The van der Waals surface area contributed by atoms with E-state index >= 15 is 0 Å². The first-order valence-electron chi connectivity index (χ1n) is 9.36. The molecule has 29 heavy (non-hydrogen) atoms. The normalized spacial score (nSPS) is 20.2. The van der Waals surface area contributed by atoms with Gasteiger partial charge in [0.25, 0.3) is 5.91 Å². The van der Waals surface area contributed by atoms with Crippen molar-refractivity contribution in [2.24, 2.45) is 18.2 Å². The minimum Gasteiger partial charge on any atom is -0.392 e. The Hall–Kier alpha value is -3.31. The second kappa shape index (κ2) is 7.60. The summed E-state index contributed by atoms with van der Waals surface area (Å²) >= 11 is 0. The highest BCUT2D eigenvalue weighted by atomic mass is 16.3. The number of carbonyl (C=O) groups excluding carboxylic acids is 1. The van der Waals surface area contributed by atoms with Crippen molar-refractivity contribution in [3.05, 3.63) is 36.3 Å². The summed E-state index contributed by atoms with van der Waals surface area (Å²) in [5.41, 5.74) is 8.94. The molecule has 8 heteroatoms. The van der Waals surface area contributed by atoms with Gasteiger partial charge >= 0.3 is 0 Å². The van der Waals surface area contributed by atoms with Crippen LogP contribution in [0.3, 0.4) is 0 Å². The fraction of sp³-hybridized carbons (Fsp3) is 0.381. The molecule has 0 unspecified atom stereocenters. The second-order valence-corrected chi connectivity index (χ2v) is 7.81. The summed E-state index contributed by atoms with van der Waals surface area (Å²) < 4.78 is 3.52. The van der Waals surface area contributed by atoms with Gasteiger partial charge in [0.2, 0.25) is 0 Å². The quantitative estimate of drug-likeness (QED) is 0.587. The molecule has 3 aromatic heterocycles. The smallest absolute Gasteiger partial charge is 0.252 e. The summed E-state index contributed by atoms with van der Waals surface area (Å²) in [5.74, 6) is -0.535. The topological polar surface area (TPSA) is 110 Å². The molecule has 0 bridgehead atoms. The van der Waals surface area contributed by atoms with E-state index in [1.54, 1.807) is 15.4 Å². The van der Waals surface area contributed by atoms with Crippen LogP contribution in [0, 0.1) is 18.3 Å². The molecule has 1 fully saturated rings. The molecule has 2 atom stereocenters. The van der Waals surface area contributed by atoms with E-state index in [0.29, 0.717) is 11.3 Å². The Labute approximate surface area is 169 Å². The lowest BCUT2D eigenvalue weighted by molar-refractivity contribution is 0.0748. The van der Waals surface area contributed by atoms with Gasteiger partial charge in [-0.1, -0.05) is 13.8 Å². The van der Waals surface area contributed by atoms with E-state index in [2.05, 4.69) is 28.4 Å². The molecule has 0 aliphatic heterocycles. The molecule has 8 nitrogen and oxygen atoms in total. The number of rotatable bonds is 4. The summed E-state index contributed by atoms with van der Waals surface area (Å²) in [6.45, 7) is 4.06. The zero-order valence-electron chi connectivity index (χ0n) is 16.8. The highest BCUT2D eigenvalue weighted by Crippen LogP contribution is 2.40. The van der Waals surface area contributed by atoms with E-state index < -0.39 is 5.91 Å². The average molecular weight is 394 g/mol. The standard InChI is InChI=1S/C19H24N6O2.C2H2/c1-19(2)15(4-5-16(19)26)23-17-12(18(20)27)9-22-25-10-11(8-14(17)25)13-6-7-21-24(13)3;1-2/h6-10,15-16,23,26H,4-5H2,1-3H3,(H2,20,27);1-2H/t15-,16+;/m1./s1. The minimum atomic E-state index is -0.535. The van der Waals surface area contributed by atoms with Gasteiger partial charge in [0.1, 0.15) is 0 Å². The van der Waals surface area contributed by atoms with Crippen molar-refractivity contribution >= 4 is 17.1 Å². The van der Waals surface area contributed by atoms with Crippen molar-refractivity contribution in [2.45, 2.75) is 38.8 Å². The van der Waals surface area contributed by atoms with Gasteiger partial charge in [0.05, 0.1) is 34.8 Å². The van der Waals surface area contributed by atoms with E-state index in [4.69, 9.17) is 5.73 Å². The highest BCUT2D eigenvalue weighted by Gasteiger charge is 2.42. The summed E-state index contributed by atoms with van der Waals surface area (Å²) in [7, 11) is 1.88. The summed E-state index contributed by atoms with van der Waals surface area (Å²) in [6, 6.07) is 3.91. The van der Waals surface area contributed by atoms with Gasteiger partial charge in [0.15, 0.2) is 0 Å². The van der Waals surface area contributed by atoms with Crippen LogP contribution in [0.1, 0.15) is 37.0 Å². The van der Waals surface area contributed by atoms with E-state index in [1.807, 2.05) is 39.2 Å². The number of anilines is 1. The fourth-order valence-electron chi connectivity index (χ4n) is 3.93. The summed E-state index contributed by atoms with van der Waals surface area (Å²) in [4.78, 5) is 12.0. The Morgan fingerprint density at radius 2 is 2.07 bits per heavy atom. The molecule has 0 saturated heterocycles. The number of aromatic nitrogens is 4. The van der Waals surface area contributed by atoms with Gasteiger partial charge in [-0.15, -0.1) is 12.8 Å². The number of aliphatic hydroxyl groups is 1. The molecule has 4 rings (SSSR count). The molecule has 4 N–H and O–H groups in total. The fourth-order valence-corrected chi connectivity index (χ4v) is 3.93. The zero-order chi connectivity index (χ0) is 21.3. The second-order valence-electron chi connectivity index (χ2n) is 7.81. The number of nitrogens with zero attached hydrogens (tertiary/aromatic N) is 4. The predicted octanol–water partition coefficient (Wildman–Crippen LogP) is 2.04. The number of aryl methyl sites for hydroxylation is 1. The van der Waals surface area contributed by atoms with Crippen molar-refractivity contribution in [1.29, 1.82) is 0 Å². The molecule has 3 heterocycles. The number of nitrogens with one attached hydrogen (secondary N) is 1. The Kier molecular flexibility index (Phi) is 5.36. The molecule has 0 aromatic carbocycles. The highest BCUT2D eigenvalue weighted by molar-refractivity contribution is 6.02. The molecule has 152 valence electrons. The number of fused-ring (bicyclic) bond motifs is 1. The summed E-state index contributed by atoms with van der Waals surface area (Å²) in [6.07, 6.45) is 14.3. The number of nitrogens with two attached hydrogens (primary N) is 1. The van der Waals surface area contributed by atoms with Gasteiger partial charge in [-0.3, -0.25) is 9.48 Å². The van der Waals surface area contributed by atoms with Crippen molar-refractivity contribution in [3.8, 4) is 24.1 Å². The molecule has 0 radical (unpaired) electrons. The number of carbonyl (C=O) groups is 1. The number of hydrogen-bond donors (Lipinski definition) is 3. The van der Waals surface area contributed by atoms with E-state index in [1.165, 1.54) is 6.20 Å². The summed E-state index contributed by atoms with van der Waals surface area (Å²) in [5, 5.41) is 22.3. The number of amides is 1. The first-order valence-corrected chi connectivity index (χ1v) is 9.36. The van der Waals surface area contributed by atoms with Crippen LogP contribution in [-0.4, -0.2) is 42.6 Å². The molecular formula is C21H26N6O2. The van der Waals surface area contributed by atoms with Gasteiger partial charge < -0.3 is 16.2 Å². The molecule has 3 aromatic rings. The van der Waals surface area contributed by atoms with Gasteiger partial charge in [-0.25, -0.2) is 4.52 Å². The molecule has 1 saturated carbocycles. The van der Waals surface area contributed by atoms with Crippen molar-refractivity contribution in [1.82, 2.24) is 19.4 Å². The van der Waals surface area contributed by atoms with Crippen LogP contribution < -0.4 is 11.1 Å². The van der Waals surface area contributed by atoms with Crippen molar-refractivity contribution < 1.29 is 9.90 Å². The van der Waals surface area contributed by atoms with E-state index in [0.717, 1.165) is 29.6 Å². The lowest BCUT2D eigenvalue weighted by Gasteiger charge is -2.32. The Balaban J connectivity index is 0.00000117. The maximum Gasteiger partial charge on any atom is 0.252 e. The van der Waals surface area contributed by atoms with Crippen LogP contribution in [0.5, 0.6) is 0 Å². The number of aliphatic hydroxyl groups excluding tert-OH is 1. The number of hydrogen-bond acceptors (Lipinski definition) is 5. The van der Waals surface area contributed by atoms with Gasteiger partial charge in [-0.05, 0) is 25.0 Å². The van der Waals surface area contributed by atoms with Gasteiger partial charge in [0, 0.05) is 36.5 Å². The average Bonchev–Trinajstić information content (AvgIpc) is 3.36. The first-order chi connectivity index (χ1) is 13.8. The lowest BCUT2D eigenvalue weighted by atomic mass is 9.85. The predicted molar refractivity (Wildman–Crippen MR) is 112 cm³/mol. The Morgan fingerprint density at radius 3 is 2.62 bits per heavy atom. The minimum absolute atomic E-state index is 0.0202. The van der Waals surface area contributed by atoms with Crippen LogP contribution in [0.15, 0.2) is 30.7 Å².